The Hall–Kier alpha value is -1.59. The molecule has 2 heterocycles. The van der Waals surface area contributed by atoms with Gasteiger partial charge in [0.05, 0.1) is 11.7 Å². The quantitative estimate of drug-likeness (QED) is 0.790. The van der Waals surface area contributed by atoms with Crippen LogP contribution in [0.2, 0.25) is 0 Å². The minimum Gasteiger partial charge on any atom is -0.459 e. The maximum atomic E-state index is 5.87. The first-order valence-corrected chi connectivity index (χ1v) is 7.32. The number of rotatable bonds is 4. The Balaban J connectivity index is 1.73. The summed E-state index contributed by atoms with van der Waals surface area (Å²) in [6.07, 6.45) is 1.94. The van der Waals surface area contributed by atoms with Crippen molar-refractivity contribution < 1.29 is 4.42 Å². The van der Waals surface area contributed by atoms with Gasteiger partial charge in [0.15, 0.2) is 0 Å². The molecule has 0 aliphatic heterocycles. The minimum atomic E-state index is 0.142. The molecule has 0 spiro atoms. The average Bonchev–Trinajstić information content (AvgIpc) is 3.01. The van der Waals surface area contributed by atoms with Crippen molar-refractivity contribution in [2.24, 2.45) is 7.05 Å². The molecule has 1 N–H and O–H groups in total. The van der Waals surface area contributed by atoms with Crippen LogP contribution in [0, 0.1) is 0 Å². The van der Waals surface area contributed by atoms with E-state index in [1.165, 1.54) is 0 Å². The van der Waals surface area contributed by atoms with Crippen LogP contribution in [0.4, 0.5) is 0 Å². The number of benzene rings is 1. The van der Waals surface area contributed by atoms with E-state index in [1.807, 2.05) is 31.4 Å². The molecule has 4 nitrogen and oxygen atoms in total. The number of nitrogens with zero attached hydrogens (tertiary/aromatic N) is 2. The van der Waals surface area contributed by atoms with Crippen LogP contribution < -0.4 is 5.32 Å². The third-order valence-electron chi connectivity index (χ3n) is 3.28. The number of hydrogen-bond donors (Lipinski definition) is 1. The summed E-state index contributed by atoms with van der Waals surface area (Å²) >= 11 is 3.47. The third-order valence-corrected chi connectivity index (χ3v) is 3.78. The Morgan fingerprint density at radius 2 is 2.20 bits per heavy atom. The molecule has 1 aromatic carbocycles. The van der Waals surface area contributed by atoms with Crippen molar-refractivity contribution >= 4 is 26.9 Å². The van der Waals surface area contributed by atoms with Gasteiger partial charge in [0.1, 0.15) is 11.3 Å². The number of nitrogens with one attached hydrogen (secondary N) is 1. The fraction of sp³-hybridized carbons (Fsp3) is 0.267. The van der Waals surface area contributed by atoms with Crippen LogP contribution in [0.1, 0.15) is 24.4 Å². The second kappa shape index (κ2) is 5.42. The minimum absolute atomic E-state index is 0.142. The maximum Gasteiger partial charge on any atom is 0.134 e. The molecule has 0 saturated heterocycles. The van der Waals surface area contributed by atoms with Gasteiger partial charge in [0.25, 0.3) is 0 Å². The van der Waals surface area contributed by atoms with Crippen molar-refractivity contribution in [3.63, 3.8) is 0 Å². The van der Waals surface area contributed by atoms with E-state index in [4.69, 9.17) is 4.42 Å². The van der Waals surface area contributed by atoms with Gasteiger partial charge in [-0.15, -0.1) is 0 Å². The summed E-state index contributed by atoms with van der Waals surface area (Å²) in [7, 11) is 1.92. The van der Waals surface area contributed by atoms with Gasteiger partial charge in [-0.3, -0.25) is 4.68 Å². The highest BCUT2D eigenvalue weighted by Crippen LogP contribution is 2.26. The normalized spacial score (nSPS) is 12.9. The van der Waals surface area contributed by atoms with E-state index in [1.54, 1.807) is 4.68 Å². The molecule has 1 atom stereocenters. The number of aryl methyl sites for hydroxylation is 1. The Morgan fingerprint density at radius 1 is 1.35 bits per heavy atom. The van der Waals surface area contributed by atoms with Gasteiger partial charge in [0, 0.05) is 29.6 Å². The number of aromatic nitrogens is 2. The molecule has 0 saturated carbocycles. The van der Waals surface area contributed by atoms with Crippen LogP contribution in [0.15, 0.2) is 45.4 Å². The first-order valence-electron chi connectivity index (χ1n) is 6.53. The molecule has 104 valence electrons. The van der Waals surface area contributed by atoms with E-state index in [0.717, 1.165) is 33.4 Å². The molecule has 0 radical (unpaired) electrons. The van der Waals surface area contributed by atoms with E-state index in [9.17, 15) is 0 Å². The van der Waals surface area contributed by atoms with Gasteiger partial charge in [-0.05, 0) is 37.3 Å². The zero-order valence-corrected chi connectivity index (χ0v) is 13.0. The smallest absolute Gasteiger partial charge is 0.134 e. The predicted octanol–water partition coefficient (Wildman–Crippen LogP) is 3.78. The van der Waals surface area contributed by atoms with E-state index < -0.39 is 0 Å². The summed E-state index contributed by atoms with van der Waals surface area (Å²) in [4.78, 5) is 0. The monoisotopic (exact) mass is 333 g/mol. The molecule has 0 aliphatic rings. The maximum absolute atomic E-state index is 5.87. The number of furan rings is 1. The lowest BCUT2D eigenvalue weighted by Gasteiger charge is -2.09. The van der Waals surface area contributed by atoms with Crippen molar-refractivity contribution in [2.75, 3.05) is 0 Å². The van der Waals surface area contributed by atoms with E-state index in [-0.39, 0.29) is 6.04 Å². The topological polar surface area (TPSA) is 43.0 Å². The van der Waals surface area contributed by atoms with Crippen LogP contribution in [-0.2, 0) is 13.6 Å². The SMILES string of the molecule is CC(NCc1ccn(C)n1)c1cc2cc(Br)ccc2o1. The van der Waals surface area contributed by atoms with E-state index in [0.29, 0.717) is 0 Å². The van der Waals surface area contributed by atoms with Crippen molar-refractivity contribution in [3.8, 4) is 0 Å². The standard InChI is InChI=1S/C15H16BrN3O/c1-10(17-9-13-5-6-19(2)18-13)15-8-11-7-12(16)3-4-14(11)20-15/h3-8,10,17H,9H2,1-2H3. The highest BCUT2D eigenvalue weighted by molar-refractivity contribution is 9.10. The van der Waals surface area contributed by atoms with Crippen molar-refractivity contribution in [3.05, 3.63) is 52.5 Å². The van der Waals surface area contributed by atoms with Gasteiger partial charge in [-0.1, -0.05) is 15.9 Å². The highest BCUT2D eigenvalue weighted by atomic mass is 79.9. The molecule has 20 heavy (non-hydrogen) atoms. The summed E-state index contributed by atoms with van der Waals surface area (Å²) < 4.78 is 8.74. The summed E-state index contributed by atoms with van der Waals surface area (Å²) in [5.74, 6) is 0.939. The van der Waals surface area contributed by atoms with Crippen LogP contribution >= 0.6 is 15.9 Å². The number of halogens is 1. The second-order valence-electron chi connectivity index (χ2n) is 4.91. The molecule has 5 heteroatoms. The first kappa shape index (κ1) is 13.4. The molecule has 0 bridgehead atoms. The van der Waals surface area contributed by atoms with Crippen molar-refractivity contribution in [1.29, 1.82) is 0 Å². The first-order chi connectivity index (χ1) is 9.61. The largest absolute Gasteiger partial charge is 0.459 e. The van der Waals surface area contributed by atoms with Gasteiger partial charge in [-0.25, -0.2) is 0 Å². The van der Waals surface area contributed by atoms with Gasteiger partial charge in [0.2, 0.25) is 0 Å². The van der Waals surface area contributed by atoms with Crippen molar-refractivity contribution in [2.45, 2.75) is 19.5 Å². The van der Waals surface area contributed by atoms with Gasteiger partial charge < -0.3 is 9.73 Å². The molecule has 1 unspecified atom stereocenters. The Labute approximate surface area is 125 Å². The van der Waals surface area contributed by atoms with Gasteiger partial charge >= 0.3 is 0 Å². The van der Waals surface area contributed by atoms with E-state index in [2.05, 4.69) is 45.4 Å². The molecule has 2 aromatic heterocycles. The van der Waals surface area contributed by atoms with Crippen LogP contribution in [0.5, 0.6) is 0 Å². The fourth-order valence-corrected chi connectivity index (χ4v) is 2.54. The highest BCUT2D eigenvalue weighted by Gasteiger charge is 2.11. The van der Waals surface area contributed by atoms with Crippen LogP contribution in [0.25, 0.3) is 11.0 Å². The second-order valence-corrected chi connectivity index (χ2v) is 5.83. The van der Waals surface area contributed by atoms with Crippen LogP contribution in [-0.4, -0.2) is 9.78 Å². The van der Waals surface area contributed by atoms with Crippen LogP contribution in [0.3, 0.4) is 0 Å². The van der Waals surface area contributed by atoms with Crippen molar-refractivity contribution in [1.82, 2.24) is 15.1 Å². The molecule has 0 fully saturated rings. The summed E-state index contributed by atoms with van der Waals surface area (Å²) in [6, 6.07) is 10.3. The molecule has 3 aromatic rings. The summed E-state index contributed by atoms with van der Waals surface area (Å²) in [6.45, 7) is 2.82. The summed E-state index contributed by atoms with van der Waals surface area (Å²) in [5.41, 5.74) is 1.94. The fourth-order valence-electron chi connectivity index (χ4n) is 2.16. The van der Waals surface area contributed by atoms with Gasteiger partial charge in [-0.2, -0.15) is 5.10 Å². The Kier molecular flexibility index (Phi) is 3.63. The lowest BCUT2D eigenvalue weighted by molar-refractivity contribution is 0.448. The molecule has 0 amide bonds. The average molecular weight is 334 g/mol. The molecular formula is C15H16BrN3O. The van der Waals surface area contributed by atoms with E-state index >= 15 is 0 Å². The molecule has 0 aliphatic carbocycles. The lowest BCUT2D eigenvalue weighted by Crippen LogP contribution is -2.18. The molecule has 3 rings (SSSR count). The third kappa shape index (κ3) is 2.78. The zero-order valence-electron chi connectivity index (χ0n) is 11.4. The predicted molar refractivity (Wildman–Crippen MR) is 82.4 cm³/mol. The number of hydrogen-bond acceptors (Lipinski definition) is 3. The summed E-state index contributed by atoms with van der Waals surface area (Å²) in [5, 5.41) is 8.88. The molecular weight excluding hydrogens is 318 g/mol. The number of fused-ring (bicyclic) bond motifs is 1. The zero-order chi connectivity index (χ0) is 14.1. The Bertz CT molecular complexity index is 732. The lowest BCUT2D eigenvalue weighted by atomic mass is 10.2. The Morgan fingerprint density at radius 3 is 2.95 bits per heavy atom.